The molecule has 4 aromatic rings. The zero-order chi connectivity index (χ0) is 20.1. The fourth-order valence-electron chi connectivity index (χ4n) is 2.60. The van der Waals surface area contributed by atoms with E-state index in [1.165, 1.54) is 11.3 Å². The Hall–Kier alpha value is -3.36. The number of carbonyl (C=O) groups excluding carboxylic acids is 2. The van der Waals surface area contributed by atoms with Gasteiger partial charge in [-0.3, -0.25) is 14.6 Å². The zero-order valence-electron chi connectivity index (χ0n) is 15.2. The number of nitrogens with one attached hydrogen (secondary N) is 2. The minimum Gasteiger partial charge on any atom is -0.346 e. The number of hydrogen-bond acceptors (Lipinski definition) is 6. The summed E-state index contributed by atoms with van der Waals surface area (Å²) in [5, 5.41) is 8.44. The highest BCUT2D eigenvalue weighted by atomic mass is 32.1. The Labute approximate surface area is 175 Å². The van der Waals surface area contributed by atoms with Crippen LogP contribution in [0.25, 0.3) is 9.88 Å². The predicted molar refractivity (Wildman–Crippen MR) is 115 cm³/mol. The van der Waals surface area contributed by atoms with Crippen LogP contribution in [-0.4, -0.2) is 21.8 Å². The minimum absolute atomic E-state index is 0.232. The Morgan fingerprint density at radius 2 is 1.90 bits per heavy atom. The topological polar surface area (TPSA) is 84.0 Å². The SMILES string of the molecule is O=C(NCc1ccccn1)c1cccc(NC(=O)c2cnc(-c3cccs3)s2)c1. The average Bonchev–Trinajstić information content (AvgIpc) is 3.45. The van der Waals surface area contributed by atoms with Crippen molar-refractivity contribution in [3.05, 3.63) is 88.5 Å². The van der Waals surface area contributed by atoms with E-state index in [0.29, 0.717) is 22.7 Å². The fraction of sp³-hybridized carbons (Fsp3) is 0.0476. The maximum atomic E-state index is 12.5. The summed E-state index contributed by atoms with van der Waals surface area (Å²) in [4.78, 5) is 35.0. The van der Waals surface area contributed by atoms with Crippen molar-refractivity contribution in [3.63, 3.8) is 0 Å². The predicted octanol–water partition coefficient (Wildman–Crippen LogP) is 4.45. The molecule has 8 heteroatoms. The molecule has 29 heavy (non-hydrogen) atoms. The van der Waals surface area contributed by atoms with Crippen LogP contribution in [-0.2, 0) is 6.54 Å². The second kappa shape index (κ2) is 8.76. The van der Waals surface area contributed by atoms with E-state index in [0.717, 1.165) is 15.6 Å². The van der Waals surface area contributed by atoms with Crippen molar-refractivity contribution >= 4 is 40.2 Å². The van der Waals surface area contributed by atoms with Crippen molar-refractivity contribution in [2.45, 2.75) is 6.54 Å². The second-order valence-electron chi connectivity index (χ2n) is 6.05. The summed E-state index contributed by atoms with van der Waals surface area (Å²) in [6.45, 7) is 0.336. The Morgan fingerprint density at radius 1 is 0.966 bits per heavy atom. The highest BCUT2D eigenvalue weighted by Gasteiger charge is 2.13. The molecule has 0 saturated carbocycles. The van der Waals surface area contributed by atoms with E-state index in [4.69, 9.17) is 0 Å². The first-order valence-electron chi connectivity index (χ1n) is 8.78. The summed E-state index contributed by atoms with van der Waals surface area (Å²) in [5.74, 6) is -0.485. The van der Waals surface area contributed by atoms with E-state index in [2.05, 4.69) is 20.6 Å². The first-order valence-corrected chi connectivity index (χ1v) is 10.5. The minimum atomic E-state index is -0.253. The molecular weight excluding hydrogens is 404 g/mol. The summed E-state index contributed by atoms with van der Waals surface area (Å²) < 4.78 is 0. The molecule has 144 valence electrons. The van der Waals surface area contributed by atoms with E-state index < -0.39 is 0 Å². The lowest BCUT2D eigenvalue weighted by molar-refractivity contribution is 0.0949. The van der Waals surface area contributed by atoms with Crippen molar-refractivity contribution in [2.24, 2.45) is 0 Å². The summed E-state index contributed by atoms with van der Waals surface area (Å²) in [6.07, 6.45) is 3.25. The summed E-state index contributed by atoms with van der Waals surface area (Å²) in [7, 11) is 0. The monoisotopic (exact) mass is 420 g/mol. The number of benzene rings is 1. The second-order valence-corrected chi connectivity index (χ2v) is 8.02. The quantitative estimate of drug-likeness (QED) is 0.483. The number of thiazole rings is 1. The first-order chi connectivity index (χ1) is 14.2. The average molecular weight is 421 g/mol. The largest absolute Gasteiger partial charge is 0.346 e. The summed E-state index contributed by atoms with van der Waals surface area (Å²) >= 11 is 2.92. The lowest BCUT2D eigenvalue weighted by Gasteiger charge is -2.07. The van der Waals surface area contributed by atoms with E-state index in [9.17, 15) is 9.59 Å². The Kier molecular flexibility index (Phi) is 5.73. The number of amides is 2. The van der Waals surface area contributed by atoms with Gasteiger partial charge in [0.25, 0.3) is 11.8 Å². The van der Waals surface area contributed by atoms with Crippen LogP contribution in [0.2, 0.25) is 0 Å². The number of aromatic nitrogens is 2. The van der Waals surface area contributed by atoms with Crippen LogP contribution in [0.1, 0.15) is 25.7 Å². The normalized spacial score (nSPS) is 10.5. The number of pyridine rings is 1. The van der Waals surface area contributed by atoms with E-state index in [1.54, 1.807) is 48.0 Å². The van der Waals surface area contributed by atoms with Gasteiger partial charge in [-0.05, 0) is 41.8 Å². The molecule has 0 aliphatic heterocycles. The molecule has 2 N–H and O–H groups in total. The van der Waals surface area contributed by atoms with Crippen LogP contribution in [0.5, 0.6) is 0 Å². The number of carbonyl (C=O) groups is 2. The van der Waals surface area contributed by atoms with Crippen molar-refractivity contribution < 1.29 is 9.59 Å². The molecular formula is C21H16N4O2S2. The van der Waals surface area contributed by atoms with Crippen LogP contribution in [0, 0.1) is 0 Å². The number of rotatable bonds is 6. The smallest absolute Gasteiger partial charge is 0.267 e. The molecule has 0 unspecified atom stereocenters. The maximum absolute atomic E-state index is 12.5. The number of anilines is 1. The van der Waals surface area contributed by atoms with Crippen molar-refractivity contribution in [2.75, 3.05) is 5.32 Å². The molecule has 3 aromatic heterocycles. The third kappa shape index (κ3) is 4.74. The molecule has 4 rings (SSSR count). The lowest BCUT2D eigenvalue weighted by Crippen LogP contribution is -2.23. The zero-order valence-corrected chi connectivity index (χ0v) is 16.8. The van der Waals surface area contributed by atoms with Crippen molar-refractivity contribution in [3.8, 4) is 9.88 Å². The first kappa shape index (κ1) is 19.0. The number of nitrogens with zero attached hydrogens (tertiary/aromatic N) is 2. The van der Waals surface area contributed by atoms with Gasteiger partial charge in [0.2, 0.25) is 0 Å². The van der Waals surface area contributed by atoms with Gasteiger partial charge in [-0.2, -0.15) is 0 Å². The van der Waals surface area contributed by atoms with Crippen LogP contribution >= 0.6 is 22.7 Å². The molecule has 0 spiro atoms. The Balaban J connectivity index is 1.40. The van der Waals surface area contributed by atoms with Crippen LogP contribution in [0.4, 0.5) is 5.69 Å². The molecule has 0 aliphatic carbocycles. The lowest BCUT2D eigenvalue weighted by atomic mass is 10.2. The van der Waals surface area contributed by atoms with Crippen LogP contribution in [0.3, 0.4) is 0 Å². The highest BCUT2D eigenvalue weighted by molar-refractivity contribution is 7.22. The van der Waals surface area contributed by atoms with Crippen molar-refractivity contribution in [1.82, 2.24) is 15.3 Å². The molecule has 0 radical (unpaired) electrons. The van der Waals surface area contributed by atoms with Gasteiger partial charge in [-0.25, -0.2) is 4.98 Å². The molecule has 6 nitrogen and oxygen atoms in total. The third-order valence-corrected chi connectivity index (χ3v) is 6.04. The van der Waals surface area contributed by atoms with Gasteiger partial charge in [-0.1, -0.05) is 18.2 Å². The highest BCUT2D eigenvalue weighted by Crippen LogP contribution is 2.29. The molecule has 0 saturated heterocycles. The fourth-order valence-corrected chi connectivity index (χ4v) is 4.21. The van der Waals surface area contributed by atoms with Gasteiger partial charge in [0.05, 0.1) is 23.3 Å². The maximum Gasteiger partial charge on any atom is 0.267 e. The Morgan fingerprint density at radius 3 is 2.69 bits per heavy atom. The van der Waals surface area contributed by atoms with Crippen molar-refractivity contribution in [1.29, 1.82) is 0 Å². The molecule has 0 atom stereocenters. The standard InChI is InChI=1S/C21H16N4O2S2/c26-19(23-12-16-6-1-2-9-22-16)14-5-3-7-15(11-14)25-20(27)18-13-24-21(29-18)17-8-4-10-28-17/h1-11,13H,12H2,(H,23,26)(H,25,27). The molecule has 0 bridgehead atoms. The van der Waals surface area contributed by atoms with Gasteiger partial charge in [0, 0.05) is 17.4 Å². The van der Waals surface area contributed by atoms with E-state index >= 15 is 0 Å². The van der Waals surface area contributed by atoms with Gasteiger partial charge in [-0.15, -0.1) is 22.7 Å². The molecule has 1 aromatic carbocycles. The molecule has 2 amide bonds. The van der Waals surface area contributed by atoms with Crippen LogP contribution in [0.15, 0.2) is 72.4 Å². The number of hydrogen-bond donors (Lipinski definition) is 2. The van der Waals surface area contributed by atoms with Gasteiger partial charge < -0.3 is 10.6 Å². The molecule has 0 fully saturated rings. The van der Waals surface area contributed by atoms with E-state index in [-0.39, 0.29) is 11.8 Å². The third-order valence-electron chi connectivity index (χ3n) is 4.00. The Bertz CT molecular complexity index is 1120. The van der Waals surface area contributed by atoms with Gasteiger partial charge >= 0.3 is 0 Å². The summed E-state index contributed by atoms with van der Waals surface area (Å²) in [6, 6.07) is 16.3. The number of thiophene rings is 1. The van der Waals surface area contributed by atoms with Gasteiger partial charge in [0.1, 0.15) is 9.88 Å². The van der Waals surface area contributed by atoms with Gasteiger partial charge in [0.15, 0.2) is 0 Å². The van der Waals surface area contributed by atoms with E-state index in [1.807, 2.05) is 35.7 Å². The summed E-state index contributed by atoms with van der Waals surface area (Å²) in [5.41, 5.74) is 1.78. The van der Waals surface area contributed by atoms with Crippen LogP contribution < -0.4 is 10.6 Å². The molecule has 0 aliphatic rings. The molecule has 3 heterocycles.